The average molecular weight is 476 g/mol. The quantitative estimate of drug-likeness (QED) is 0.680. The fraction of sp³-hybridized carbons (Fsp3) is 0.667. The molecule has 33 heavy (non-hydrogen) atoms. The molecule has 0 unspecified atom stereocenters. The number of fused-ring (bicyclic) bond motifs is 1. The molecule has 0 radical (unpaired) electrons. The Hall–Kier alpha value is -1.97. The summed E-state index contributed by atoms with van der Waals surface area (Å²) in [7, 11) is -3.64. The predicted molar refractivity (Wildman–Crippen MR) is 123 cm³/mol. The SMILES string of the molecule is C[C@H]1Cc2cc(S(=O)(=O)N3CCC(C(=O)NC[C@H]4CCCO4)CC3)ccc2N1C(=O)C1CC1. The van der Waals surface area contributed by atoms with Crippen molar-refractivity contribution in [3.63, 3.8) is 0 Å². The smallest absolute Gasteiger partial charge is 0.243 e. The lowest BCUT2D eigenvalue weighted by molar-refractivity contribution is -0.126. The van der Waals surface area contributed by atoms with E-state index in [-0.39, 0.29) is 40.7 Å². The van der Waals surface area contributed by atoms with Crippen LogP contribution < -0.4 is 10.2 Å². The number of hydrogen-bond donors (Lipinski definition) is 1. The maximum absolute atomic E-state index is 13.3. The summed E-state index contributed by atoms with van der Waals surface area (Å²) in [6.45, 7) is 3.97. The van der Waals surface area contributed by atoms with Gasteiger partial charge in [-0.25, -0.2) is 8.42 Å². The molecule has 0 spiro atoms. The van der Waals surface area contributed by atoms with Crippen LogP contribution in [0.2, 0.25) is 0 Å². The van der Waals surface area contributed by atoms with Crippen molar-refractivity contribution in [3.8, 4) is 0 Å². The Morgan fingerprint density at radius 2 is 1.85 bits per heavy atom. The molecule has 4 aliphatic rings. The van der Waals surface area contributed by atoms with Crippen LogP contribution >= 0.6 is 0 Å². The summed E-state index contributed by atoms with van der Waals surface area (Å²) in [5.41, 5.74) is 1.76. The topological polar surface area (TPSA) is 96.0 Å². The highest BCUT2D eigenvalue weighted by Crippen LogP contribution is 2.40. The van der Waals surface area contributed by atoms with Gasteiger partial charge < -0.3 is 15.0 Å². The Balaban J connectivity index is 1.21. The molecule has 1 aliphatic carbocycles. The number of anilines is 1. The van der Waals surface area contributed by atoms with Crippen LogP contribution in [0.1, 0.15) is 51.0 Å². The number of rotatable bonds is 6. The van der Waals surface area contributed by atoms with Crippen molar-refractivity contribution < 1.29 is 22.7 Å². The van der Waals surface area contributed by atoms with Gasteiger partial charge in [-0.1, -0.05) is 0 Å². The third-order valence-electron chi connectivity index (χ3n) is 7.42. The van der Waals surface area contributed by atoms with Crippen LogP contribution in [0.3, 0.4) is 0 Å². The van der Waals surface area contributed by atoms with Crippen molar-refractivity contribution >= 4 is 27.5 Å². The molecular formula is C24H33N3O5S. The fourth-order valence-corrected chi connectivity index (χ4v) is 6.82. The molecule has 2 amide bonds. The first kappa shape index (κ1) is 22.8. The van der Waals surface area contributed by atoms with Crippen molar-refractivity contribution in [3.05, 3.63) is 23.8 Å². The van der Waals surface area contributed by atoms with E-state index in [1.165, 1.54) is 4.31 Å². The molecule has 9 heteroatoms. The van der Waals surface area contributed by atoms with Gasteiger partial charge in [0.1, 0.15) is 0 Å². The molecule has 1 aromatic carbocycles. The average Bonchev–Trinajstić information content (AvgIpc) is 3.43. The molecular weight excluding hydrogens is 442 g/mol. The van der Waals surface area contributed by atoms with E-state index in [0.29, 0.717) is 38.9 Å². The Labute approximate surface area is 195 Å². The minimum atomic E-state index is -3.64. The van der Waals surface area contributed by atoms with Gasteiger partial charge in [0.25, 0.3) is 0 Å². The van der Waals surface area contributed by atoms with E-state index in [4.69, 9.17) is 4.74 Å². The molecule has 180 valence electrons. The monoisotopic (exact) mass is 475 g/mol. The lowest BCUT2D eigenvalue weighted by atomic mass is 9.97. The Morgan fingerprint density at radius 3 is 2.52 bits per heavy atom. The van der Waals surface area contributed by atoms with Crippen molar-refractivity contribution in [2.75, 3.05) is 31.1 Å². The second-order valence-corrected chi connectivity index (χ2v) is 11.8. The van der Waals surface area contributed by atoms with E-state index in [2.05, 4.69) is 5.32 Å². The summed E-state index contributed by atoms with van der Waals surface area (Å²) >= 11 is 0. The van der Waals surface area contributed by atoms with E-state index in [1.54, 1.807) is 18.2 Å². The van der Waals surface area contributed by atoms with Crippen molar-refractivity contribution in [1.82, 2.24) is 9.62 Å². The molecule has 2 saturated heterocycles. The molecule has 1 saturated carbocycles. The van der Waals surface area contributed by atoms with Gasteiger partial charge in [0.2, 0.25) is 21.8 Å². The number of carbonyl (C=O) groups is 2. The zero-order chi connectivity index (χ0) is 23.2. The molecule has 0 aromatic heterocycles. The number of nitrogens with zero attached hydrogens (tertiary/aromatic N) is 2. The molecule has 3 fully saturated rings. The third kappa shape index (κ3) is 4.55. The Morgan fingerprint density at radius 1 is 1.09 bits per heavy atom. The first-order valence-corrected chi connectivity index (χ1v) is 13.6. The standard InChI is InChI=1S/C24H33N3O5S/c1-16-13-19-14-21(6-7-22(19)27(16)24(29)18-4-5-18)33(30,31)26-10-8-17(9-11-26)23(28)25-15-20-3-2-12-32-20/h6-7,14,16-18,20H,2-5,8-13,15H2,1H3,(H,25,28)/t16-,20+/m0/s1. The van der Waals surface area contributed by atoms with Crippen molar-refractivity contribution in [2.45, 2.75) is 68.9 Å². The number of carbonyl (C=O) groups excluding carboxylic acids is 2. The summed E-state index contributed by atoms with van der Waals surface area (Å²) in [5.74, 6) is 0.123. The first-order chi connectivity index (χ1) is 15.8. The molecule has 1 aromatic rings. The molecule has 1 N–H and O–H groups in total. The second kappa shape index (κ2) is 9.00. The summed E-state index contributed by atoms with van der Waals surface area (Å²) in [4.78, 5) is 27.3. The van der Waals surface area contributed by atoms with Gasteiger partial charge in [-0.2, -0.15) is 4.31 Å². The van der Waals surface area contributed by atoms with Crippen molar-refractivity contribution in [1.29, 1.82) is 0 Å². The molecule has 5 rings (SSSR count). The van der Waals surface area contributed by atoms with E-state index in [9.17, 15) is 18.0 Å². The Kier molecular flexibility index (Phi) is 6.22. The molecule has 3 aliphatic heterocycles. The molecule has 2 atom stereocenters. The normalized spacial score (nSPS) is 26.4. The van der Waals surface area contributed by atoms with Gasteiger partial charge in [0.15, 0.2) is 0 Å². The number of sulfonamides is 1. The second-order valence-electron chi connectivity index (χ2n) is 9.88. The van der Waals surface area contributed by atoms with E-state index in [0.717, 1.165) is 43.5 Å². The van der Waals surface area contributed by atoms with Crippen LogP contribution in [0.25, 0.3) is 0 Å². The predicted octanol–water partition coefficient (Wildman–Crippen LogP) is 2.07. The molecule has 0 bridgehead atoms. The van der Waals surface area contributed by atoms with E-state index in [1.807, 2.05) is 11.8 Å². The number of ether oxygens (including phenoxy) is 1. The lowest BCUT2D eigenvalue weighted by Gasteiger charge is -2.31. The number of piperidine rings is 1. The fourth-order valence-electron chi connectivity index (χ4n) is 5.30. The van der Waals surface area contributed by atoms with Gasteiger partial charge in [-0.3, -0.25) is 9.59 Å². The third-order valence-corrected chi connectivity index (χ3v) is 9.32. The van der Waals surface area contributed by atoms with Gasteiger partial charge in [-0.15, -0.1) is 0 Å². The van der Waals surface area contributed by atoms with Crippen LogP contribution in [0.15, 0.2) is 23.1 Å². The maximum atomic E-state index is 13.3. The van der Waals surface area contributed by atoms with E-state index < -0.39 is 10.0 Å². The largest absolute Gasteiger partial charge is 0.376 e. The summed E-state index contributed by atoms with van der Waals surface area (Å²) < 4.78 is 33.7. The van der Waals surface area contributed by atoms with Gasteiger partial charge in [0.05, 0.1) is 11.0 Å². The zero-order valence-electron chi connectivity index (χ0n) is 19.2. The highest BCUT2D eigenvalue weighted by atomic mass is 32.2. The maximum Gasteiger partial charge on any atom is 0.243 e. The minimum Gasteiger partial charge on any atom is -0.376 e. The van der Waals surface area contributed by atoms with Crippen LogP contribution in [-0.4, -0.2) is 62.9 Å². The van der Waals surface area contributed by atoms with Gasteiger partial charge in [0, 0.05) is 49.8 Å². The zero-order valence-corrected chi connectivity index (χ0v) is 20.0. The van der Waals surface area contributed by atoms with Crippen molar-refractivity contribution in [2.24, 2.45) is 11.8 Å². The lowest BCUT2D eigenvalue weighted by Crippen LogP contribution is -2.44. The molecule has 8 nitrogen and oxygen atoms in total. The Bertz CT molecular complexity index is 1020. The van der Waals surface area contributed by atoms with Gasteiger partial charge >= 0.3 is 0 Å². The van der Waals surface area contributed by atoms with E-state index >= 15 is 0 Å². The number of benzene rings is 1. The van der Waals surface area contributed by atoms with Crippen LogP contribution in [0, 0.1) is 11.8 Å². The number of amides is 2. The number of hydrogen-bond acceptors (Lipinski definition) is 5. The van der Waals surface area contributed by atoms with Crippen LogP contribution in [0.5, 0.6) is 0 Å². The highest BCUT2D eigenvalue weighted by Gasteiger charge is 2.40. The first-order valence-electron chi connectivity index (χ1n) is 12.2. The van der Waals surface area contributed by atoms with Crippen LogP contribution in [0.4, 0.5) is 5.69 Å². The van der Waals surface area contributed by atoms with Gasteiger partial charge in [-0.05, 0) is 75.6 Å². The summed E-state index contributed by atoms with van der Waals surface area (Å²) in [6.07, 6.45) is 5.72. The van der Waals surface area contributed by atoms with Crippen LogP contribution in [-0.2, 0) is 30.8 Å². The summed E-state index contributed by atoms with van der Waals surface area (Å²) in [6, 6.07) is 5.20. The minimum absolute atomic E-state index is 0.00510. The highest BCUT2D eigenvalue weighted by molar-refractivity contribution is 7.89. The summed E-state index contributed by atoms with van der Waals surface area (Å²) in [5, 5.41) is 2.97. The molecule has 3 heterocycles. The number of nitrogens with one attached hydrogen (secondary N) is 1.